The number of likely N-dealkylation sites (tertiary alicyclic amines) is 1. The predicted octanol–water partition coefficient (Wildman–Crippen LogP) is 2.71. The number of nitrogens with one attached hydrogen (secondary N) is 1. The first-order valence-electron chi connectivity index (χ1n) is 9.58. The van der Waals surface area contributed by atoms with Crippen LogP contribution in [0, 0.1) is 11.7 Å². The number of aliphatic carboxylic acids is 1. The third-order valence-corrected chi connectivity index (χ3v) is 5.12. The summed E-state index contributed by atoms with van der Waals surface area (Å²) in [4.78, 5) is 25.4. The second-order valence-corrected chi connectivity index (χ2v) is 7.33. The van der Waals surface area contributed by atoms with Gasteiger partial charge in [0, 0.05) is 18.7 Å². The van der Waals surface area contributed by atoms with Gasteiger partial charge >= 0.3 is 5.97 Å². The summed E-state index contributed by atoms with van der Waals surface area (Å²) in [5.41, 5.74) is 2.13. The number of carbonyl (C=O) groups is 2. The number of rotatable bonds is 8. The molecule has 0 aliphatic carbocycles. The third kappa shape index (κ3) is 5.77. The molecular weight excluding hydrogens is 375 g/mol. The largest absolute Gasteiger partial charge is 0.496 e. The zero-order valence-corrected chi connectivity index (χ0v) is 16.4. The van der Waals surface area contributed by atoms with E-state index >= 15 is 0 Å². The number of halogens is 1. The van der Waals surface area contributed by atoms with E-state index in [0.29, 0.717) is 35.8 Å². The van der Waals surface area contributed by atoms with E-state index in [9.17, 15) is 14.0 Å². The van der Waals surface area contributed by atoms with Crippen molar-refractivity contribution < 1.29 is 23.8 Å². The lowest BCUT2D eigenvalue weighted by Gasteiger charge is -2.16. The maximum Gasteiger partial charge on any atom is 0.317 e. The van der Waals surface area contributed by atoms with Gasteiger partial charge < -0.3 is 15.2 Å². The van der Waals surface area contributed by atoms with Gasteiger partial charge in [0.15, 0.2) is 0 Å². The van der Waals surface area contributed by atoms with E-state index in [1.807, 2.05) is 11.0 Å². The molecule has 154 valence electrons. The zero-order chi connectivity index (χ0) is 20.8. The quantitative estimate of drug-likeness (QED) is 0.712. The minimum atomic E-state index is -0.819. The van der Waals surface area contributed by atoms with Crippen molar-refractivity contribution in [3.05, 3.63) is 65.0 Å². The smallest absolute Gasteiger partial charge is 0.317 e. The first kappa shape index (κ1) is 20.8. The zero-order valence-electron chi connectivity index (χ0n) is 16.4. The maximum absolute atomic E-state index is 13.3. The Morgan fingerprint density at radius 2 is 2.10 bits per heavy atom. The third-order valence-electron chi connectivity index (χ3n) is 5.12. The molecule has 1 aliphatic heterocycles. The highest BCUT2D eigenvalue weighted by molar-refractivity contribution is 5.94. The monoisotopic (exact) mass is 400 g/mol. The maximum atomic E-state index is 13.3. The molecule has 1 heterocycles. The van der Waals surface area contributed by atoms with Crippen LogP contribution in [0.5, 0.6) is 5.75 Å². The molecule has 1 aliphatic rings. The molecule has 2 N–H and O–H groups in total. The van der Waals surface area contributed by atoms with Crippen molar-refractivity contribution in [2.24, 2.45) is 5.92 Å². The summed E-state index contributed by atoms with van der Waals surface area (Å²) >= 11 is 0. The lowest BCUT2D eigenvalue weighted by Crippen LogP contribution is -2.27. The SMILES string of the molecule is COc1ccc(C(=O)NCc2cccc(F)c2)cc1CC1CCN(CC(=O)O)C1. The molecule has 29 heavy (non-hydrogen) atoms. The van der Waals surface area contributed by atoms with Gasteiger partial charge in [0.2, 0.25) is 0 Å². The highest BCUT2D eigenvalue weighted by Gasteiger charge is 2.25. The van der Waals surface area contributed by atoms with Gasteiger partial charge in [0.25, 0.3) is 5.91 Å². The van der Waals surface area contributed by atoms with Gasteiger partial charge in [-0.2, -0.15) is 0 Å². The minimum Gasteiger partial charge on any atom is -0.496 e. The second-order valence-electron chi connectivity index (χ2n) is 7.33. The molecule has 0 radical (unpaired) electrons. The van der Waals surface area contributed by atoms with E-state index in [1.54, 1.807) is 31.4 Å². The van der Waals surface area contributed by atoms with Crippen LogP contribution in [0.1, 0.15) is 27.9 Å². The van der Waals surface area contributed by atoms with Crippen molar-refractivity contribution in [1.29, 1.82) is 0 Å². The van der Waals surface area contributed by atoms with E-state index in [-0.39, 0.29) is 24.8 Å². The summed E-state index contributed by atoms with van der Waals surface area (Å²) in [6.45, 7) is 1.76. The molecule has 1 amide bonds. The fraction of sp³-hybridized carbons (Fsp3) is 0.364. The molecule has 1 unspecified atom stereocenters. The van der Waals surface area contributed by atoms with E-state index in [2.05, 4.69) is 5.32 Å². The topological polar surface area (TPSA) is 78.9 Å². The van der Waals surface area contributed by atoms with E-state index in [4.69, 9.17) is 9.84 Å². The normalized spacial score (nSPS) is 16.6. The standard InChI is InChI=1S/C22H25FN2O4/c1-29-20-6-5-17(22(28)24-12-15-3-2-4-19(23)10-15)11-18(20)9-16-7-8-25(13-16)14-21(26)27/h2-6,10-11,16H,7-9,12-14H2,1H3,(H,24,28)(H,26,27). The molecule has 0 saturated carbocycles. The molecule has 2 aromatic carbocycles. The number of ether oxygens (including phenoxy) is 1. The van der Waals surface area contributed by atoms with Crippen LogP contribution in [0.15, 0.2) is 42.5 Å². The van der Waals surface area contributed by atoms with Gasteiger partial charge in [-0.1, -0.05) is 12.1 Å². The van der Waals surface area contributed by atoms with Gasteiger partial charge in [-0.25, -0.2) is 4.39 Å². The van der Waals surface area contributed by atoms with Gasteiger partial charge in [-0.15, -0.1) is 0 Å². The number of methoxy groups -OCH3 is 1. The summed E-state index contributed by atoms with van der Waals surface area (Å²) in [6.07, 6.45) is 1.62. The van der Waals surface area contributed by atoms with Gasteiger partial charge in [0.05, 0.1) is 13.7 Å². The molecule has 0 aromatic heterocycles. The lowest BCUT2D eigenvalue weighted by molar-refractivity contribution is -0.138. The Bertz CT molecular complexity index is 887. The van der Waals surface area contributed by atoms with Crippen LogP contribution in [0.2, 0.25) is 0 Å². The van der Waals surface area contributed by atoms with E-state index in [0.717, 1.165) is 18.5 Å². The van der Waals surface area contributed by atoms with Crippen LogP contribution in [0.3, 0.4) is 0 Å². The summed E-state index contributed by atoms with van der Waals surface area (Å²) in [6, 6.07) is 11.4. The average Bonchev–Trinajstić information content (AvgIpc) is 3.12. The van der Waals surface area contributed by atoms with Crippen LogP contribution in [-0.2, 0) is 17.8 Å². The van der Waals surface area contributed by atoms with E-state index < -0.39 is 5.97 Å². The van der Waals surface area contributed by atoms with Gasteiger partial charge in [-0.3, -0.25) is 14.5 Å². The fourth-order valence-corrected chi connectivity index (χ4v) is 3.74. The van der Waals surface area contributed by atoms with Crippen LogP contribution in [-0.4, -0.2) is 48.6 Å². The Morgan fingerprint density at radius 3 is 2.83 bits per heavy atom. The van der Waals surface area contributed by atoms with Crippen molar-refractivity contribution in [2.75, 3.05) is 26.7 Å². The van der Waals surface area contributed by atoms with Crippen LogP contribution in [0.25, 0.3) is 0 Å². The molecule has 0 spiro atoms. The average molecular weight is 400 g/mol. The Balaban J connectivity index is 1.65. The fourth-order valence-electron chi connectivity index (χ4n) is 3.74. The summed E-state index contributed by atoms with van der Waals surface area (Å²) in [5.74, 6) is -0.369. The Labute approximate surface area is 169 Å². The molecule has 1 atom stereocenters. The number of hydrogen-bond acceptors (Lipinski definition) is 4. The molecule has 1 saturated heterocycles. The Morgan fingerprint density at radius 1 is 1.28 bits per heavy atom. The Kier molecular flexibility index (Phi) is 6.82. The predicted molar refractivity (Wildman–Crippen MR) is 106 cm³/mol. The number of carboxylic acids is 1. The lowest BCUT2D eigenvalue weighted by atomic mass is 9.96. The van der Waals surface area contributed by atoms with Crippen molar-refractivity contribution in [3.8, 4) is 5.75 Å². The number of benzene rings is 2. The molecule has 7 heteroatoms. The minimum absolute atomic E-state index is 0.0517. The van der Waals surface area contributed by atoms with Crippen molar-refractivity contribution in [1.82, 2.24) is 10.2 Å². The number of nitrogens with zero attached hydrogens (tertiary/aromatic N) is 1. The molecule has 2 aromatic rings. The van der Waals surface area contributed by atoms with Crippen LogP contribution < -0.4 is 10.1 Å². The van der Waals surface area contributed by atoms with Crippen LogP contribution >= 0.6 is 0 Å². The molecule has 0 bridgehead atoms. The van der Waals surface area contributed by atoms with E-state index in [1.165, 1.54) is 12.1 Å². The summed E-state index contributed by atoms with van der Waals surface area (Å²) in [5, 5.41) is 11.8. The van der Waals surface area contributed by atoms with Gasteiger partial charge in [-0.05, 0) is 66.8 Å². The number of hydrogen-bond donors (Lipinski definition) is 2. The number of carboxylic acid groups (broad SMARTS) is 1. The molecule has 1 fully saturated rings. The van der Waals surface area contributed by atoms with Crippen molar-refractivity contribution >= 4 is 11.9 Å². The van der Waals surface area contributed by atoms with Crippen molar-refractivity contribution in [3.63, 3.8) is 0 Å². The van der Waals surface area contributed by atoms with Crippen LogP contribution in [0.4, 0.5) is 4.39 Å². The number of carbonyl (C=O) groups excluding carboxylic acids is 1. The molecule has 6 nitrogen and oxygen atoms in total. The highest BCUT2D eigenvalue weighted by Crippen LogP contribution is 2.27. The Hall–Kier alpha value is -2.93. The number of amides is 1. The molecular formula is C22H25FN2O4. The first-order valence-corrected chi connectivity index (χ1v) is 9.58. The highest BCUT2D eigenvalue weighted by atomic mass is 19.1. The second kappa shape index (κ2) is 9.52. The summed E-state index contributed by atoms with van der Waals surface area (Å²) in [7, 11) is 1.59. The molecule has 3 rings (SSSR count). The van der Waals surface area contributed by atoms with Crippen molar-refractivity contribution in [2.45, 2.75) is 19.4 Å². The van der Waals surface area contributed by atoms with Gasteiger partial charge in [0.1, 0.15) is 11.6 Å². The summed E-state index contributed by atoms with van der Waals surface area (Å²) < 4.78 is 18.7. The first-order chi connectivity index (χ1) is 13.9.